The lowest BCUT2D eigenvalue weighted by Gasteiger charge is -2.21. The van der Waals surface area contributed by atoms with Crippen molar-refractivity contribution in [3.05, 3.63) is 35.5 Å². The van der Waals surface area contributed by atoms with Crippen LogP contribution in [-0.4, -0.2) is 17.8 Å². The number of fused-ring (bicyclic) bond motifs is 2. The number of unbranched alkanes of at least 4 members (excludes halogenated alkanes) is 4. The summed E-state index contributed by atoms with van der Waals surface area (Å²) in [5.41, 5.74) is 5.17. The average Bonchev–Trinajstić information content (AvgIpc) is 2.60. The number of aldehydes is 1. The maximum Gasteiger partial charge on any atom is 0.119 e. The molecule has 2 aromatic rings. The van der Waals surface area contributed by atoms with Crippen LogP contribution in [0.15, 0.2) is 24.3 Å². The fraction of sp³-hybridized carbons (Fsp3) is 0.500. The van der Waals surface area contributed by atoms with Gasteiger partial charge in [-0.3, -0.25) is 4.98 Å². The molecule has 3 nitrogen and oxygen atoms in total. The number of rotatable bonds is 8. The molecule has 0 amide bonds. The molecule has 1 heterocycles. The second kappa shape index (κ2) is 8.09. The van der Waals surface area contributed by atoms with Crippen molar-refractivity contribution in [2.45, 2.75) is 57.8 Å². The summed E-state index contributed by atoms with van der Waals surface area (Å²) >= 11 is 0. The van der Waals surface area contributed by atoms with Crippen molar-refractivity contribution in [1.82, 2.24) is 4.98 Å². The second-order valence-corrected chi connectivity index (χ2v) is 6.43. The van der Waals surface area contributed by atoms with E-state index in [-0.39, 0.29) is 0 Å². The molecule has 1 aliphatic rings. The molecule has 0 atom stereocenters. The van der Waals surface area contributed by atoms with Gasteiger partial charge in [0.05, 0.1) is 5.52 Å². The second-order valence-electron chi connectivity index (χ2n) is 6.43. The minimum atomic E-state index is 0.704. The summed E-state index contributed by atoms with van der Waals surface area (Å²) in [7, 11) is 0. The van der Waals surface area contributed by atoms with Gasteiger partial charge < -0.3 is 10.1 Å². The zero-order chi connectivity index (χ0) is 15.9. The Kier molecular flexibility index (Phi) is 5.62. The van der Waals surface area contributed by atoms with E-state index in [0.29, 0.717) is 6.42 Å². The maximum absolute atomic E-state index is 10.3. The summed E-state index contributed by atoms with van der Waals surface area (Å²) in [6, 6.07) is 8.48. The number of nitrogens with zero attached hydrogens (tertiary/aromatic N) is 1. The molecule has 0 radical (unpaired) electrons. The summed E-state index contributed by atoms with van der Waals surface area (Å²) in [5, 5.41) is 4.96. The zero-order valence-electron chi connectivity index (χ0n) is 13.8. The van der Waals surface area contributed by atoms with Crippen molar-refractivity contribution in [2.24, 2.45) is 0 Å². The standard InChI is InChI=1S/C20H26N2O/c23-15-9-3-1-2-8-14-21-20-16-10-4-6-12-18(16)22-19-13-7-5-11-17(19)20/h4,6,10,12,15H,1-3,5,7-9,11,13-14H2,(H,21,22). The molecular formula is C20H26N2O. The first kappa shape index (κ1) is 16.0. The van der Waals surface area contributed by atoms with Gasteiger partial charge in [-0.25, -0.2) is 0 Å². The van der Waals surface area contributed by atoms with Gasteiger partial charge in [0, 0.05) is 29.7 Å². The fourth-order valence-corrected chi connectivity index (χ4v) is 3.49. The Hall–Kier alpha value is -1.90. The molecule has 1 N–H and O–H groups in total. The molecule has 3 heteroatoms. The molecule has 0 saturated carbocycles. The van der Waals surface area contributed by atoms with E-state index < -0.39 is 0 Å². The van der Waals surface area contributed by atoms with Gasteiger partial charge in [0.2, 0.25) is 0 Å². The Bertz CT molecular complexity index is 666. The highest BCUT2D eigenvalue weighted by Crippen LogP contribution is 2.33. The van der Waals surface area contributed by atoms with Crippen molar-refractivity contribution in [3.63, 3.8) is 0 Å². The number of nitrogens with one attached hydrogen (secondary N) is 1. The first-order chi connectivity index (χ1) is 11.4. The lowest BCUT2D eigenvalue weighted by Crippen LogP contribution is -2.12. The lowest BCUT2D eigenvalue weighted by molar-refractivity contribution is -0.107. The number of hydrogen-bond donors (Lipinski definition) is 1. The van der Waals surface area contributed by atoms with Crippen LogP contribution in [0.2, 0.25) is 0 Å². The van der Waals surface area contributed by atoms with Crippen molar-refractivity contribution in [1.29, 1.82) is 0 Å². The van der Waals surface area contributed by atoms with Gasteiger partial charge in [0.1, 0.15) is 6.29 Å². The molecule has 0 bridgehead atoms. The van der Waals surface area contributed by atoms with Gasteiger partial charge in [-0.1, -0.05) is 31.0 Å². The number of carbonyl (C=O) groups excluding carboxylic acids is 1. The number of pyridine rings is 1. The first-order valence-electron chi connectivity index (χ1n) is 8.98. The number of para-hydroxylation sites is 1. The number of carbonyl (C=O) groups is 1. The Labute approximate surface area is 138 Å². The lowest BCUT2D eigenvalue weighted by atomic mass is 9.92. The minimum Gasteiger partial charge on any atom is -0.384 e. The van der Waals surface area contributed by atoms with E-state index in [1.165, 1.54) is 41.6 Å². The van der Waals surface area contributed by atoms with E-state index in [0.717, 1.165) is 50.5 Å². The Morgan fingerprint density at radius 1 is 1.04 bits per heavy atom. The molecule has 0 fully saturated rings. The largest absolute Gasteiger partial charge is 0.384 e. The minimum absolute atomic E-state index is 0.704. The van der Waals surface area contributed by atoms with Crippen LogP contribution in [0.1, 0.15) is 56.2 Å². The van der Waals surface area contributed by atoms with Crippen LogP contribution in [0.4, 0.5) is 5.69 Å². The Morgan fingerprint density at radius 2 is 1.87 bits per heavy atom. The summed E-state index contributed by atoms with van der Waals surface area (Å²) in [6.07, 6.45) is 11.0. The Morgan fingerprint density at radius 3 is 2.78 bits per heavy atom. The highest BCUT2D eigenvalue weighted by atomic mass is 16.1. The molecule has 3 rings (SSSR count). The molecule has 1 aromatic heterocycles. The average molecular weight is 310 g/mol. The first-order valence-corrected chi connectivity index (χ1v) is 8.98. The van der Waals surface area contributed by atoms with Crippen LogP contribution in [0.5, 0.6) is 0 Å². The van der Waals surface area contributed by atoms with Gasteiger partial charge in [-0.05, 0) is 50.2 Å². The fourth-order valence-electron chi connectivity index (χ4n) is 3.49. The van der Waals surface area contributed by atoms with E-state index in [1.54, 1.807) is 0 Å². The molecule has 0 spiro atoms. The number of hydrogen-bond acceptors (Lipinski definition) is 3. The molecule has 0 unspecified atom stereocenters. The highest BCUT2D eigenvalue weighted by molar-refractivity contribution is 5.93. The third kappa shape index (κ3) is 3.90. The molecule has 1 aliphatic carbocycles. The summed E-state index contributed by atoms with van der Waals surface area (Å²) in [6.45, 7) is 1.00. The molecule has 122 valence electrons. The van der Waals surface area contributed by atoms with Crippen molar-refractivity contribution < 1.29 is 4.79 Å². The van der Waals surface area contributed by atoms with Crippen LogP contribution < -0.4 is 5.32 Å². The van der Waals surface area contributed by atoms with Gasteiger partial charge in [0.25, 0.3) is 0 Å². The normalized spacial score (nSPS) is 13.7. The number of anilines is 1. The summed E-state index contributed by atoms with van der Waals surface area (Å²) < 4.78 is 0. The summed E-state index contributed by atoms with van der Waals surface area (Å²) in [5.74, 6) is 0. The van der Waals surface area contributed by atoms with Crippen LogP contribution in [0, 0.1) is 0 Å². The third-order valence-electron chi connectivity index (χ3n) is 4.72. The van der Waals surface area contributed by atoms with Gasteiger partial charge in [0.15, 0.2) is 0 Å². The predicted molar refractivity (Wildman–Crippen MR) is 96.0 cm³/mol. The van der Waals surface area contributed by atoms with Crippen molar-refractivity contribution >= 4 is 22.9 Å². The van der Waals surface area contributed by atoms with Gasteiger partial charge in [-0.15, -0.1) is 0 Å². The van der Waals surface area contributed by atoms with Crippen LogP contribution in [0.3, 0.4) is 0 Å². The SMILES string of the molecule is O=CCCCCCCNc1c2c(nc3ccccc13)CCCC2. The monoisotopic (exact) mass is 310 g/mol. The summed E-state index contributed by atoms with van der Waals surface area (Å²) in [4.78, 5) is 15.2. The zero-order valence-corrected chi connectivity index (χ0v) is 13.8. The van der Waals surface area contributed by atoms with E-state index in [2.05, 4.69) is 29.6 Å². The number of aryl methyl sites for hydroxylation is 1. The van der Waals surface area contributed by atoms with Crippen molar-refractivity contribution in [2.75, 3.05) is 11.9 Å². The van der Waals surface area contributed by atoms with E-state index in [4.69, 9.17) is 4.98 Å². The van der Waals surface area contributed by atoms with E-state index in [1.807, 2.05) is 0 Å². The van der Waals surface area contributed by atoms with Gasteiger partial charge >= 0.3 is 0 Å². The molecule has 0 aliphatic heterocycles. The smallest absolute Gasteiger partial charge is 0.119 e. The highest BCUT2D eigenvalue weighted by Gasteiger charge is 2.17. The van der Waals surface area contributed by atoms with E-state index >= 15 is 0 Å². The van der Waals surface area contributed by atoms with E-state index in [9.17, 15) is 4.79 Å². The number of benzene rings is 1. The predicted octanol–water partition coefficient (Wildman–Crippen LogP) is 4.67. The van der Waals surface area contributed by atoms with Gasteiger partial charge in [-0.2, -0.15) is 0 Å². The molecular weight excluding hydrogens is 284 g/mol. The Balaban J connectivity index is 1.70. The number of aromatic nitrogens is 1. The topological polar surface area (TPSA) is 42.0 Å². The molecule has 0 saturated heterocycles. The van der Waals surface area contributed by atoms with Crippen molar-refractivity contribution in [3.8, 4) is 0 Å². The van der Waals surface area contributed by atoms with Crippen LogP contribution in [-0.2, 0) is 17.6 Å². The molecule has 23 heavy (non-hydrogen) atoms. The van der Waals surface area contributed by atoms with Crippen LogP contribution >= 0.6 is 0 Å². The maximum atomic E-state index is 10.3. The third-order valence-corrected chi connectivity index (χ3v) is 4.72. The van der Waals surface area contributed by atoms with Crippen LogP contribution in [0.25, 0.3) is 10.9 Å². The quantitative estimate of drug-likeness (QED) is 0.569. The molecule has 1 aromatic carbocycles.